The molecule has 5 heteroatoms. The molecule has 2 aromatic rings. The number of primary amides is 1. The normalized spacial score (nSPS) is 11.2. The Hall–Kier alpha value is -2.04. The van der Waals surface area contributed by atoms with E-state index in [1.54, 1.807) is 16.8 Å². The fourth-order valence-electron chi connectivity index (χ4n) is 1.82. The Morgan fingerprint density at radius 2 is 2.12 bits per heavy atom. The summed E-state index contributed by atoms with van der Waals surface area (Å²) in [6.45, 7) is 4.01. The third-order valence-electron chi connectivity index (χ3n) is 2.52. The van der Waals surface area contributed by atoms with Crippen LogP contribution in [-0.2, 0) is 0 Å². The molecule has 0 spiro atoms. The number of fused-ring (bicyclic) bond motifs is 1. The third-order valence-corrected chi connectivity index (χ3v) is 2.52. The second kappa shape index (κ2) is 3.52. The Bertz CT molecular complexity index is 556. The standard InChI is InChI=1S/C11H14N4O/c1-6(2)15-8-5-3-4-7(11(13)16)9(8)10(12)14-15/h3-6H,1-2H3,(H2,12,14)(H2,13,16). The average Bonchev–Trinajstić information content (AvgIpc) is 2.56. The summed E-state index contributed by atoms with van der Waals surface area (Å²) in [5, 5.41) is 4.86. The van der Waals surface area contributed by atoms with E-state index >= 15 is 0 Å². The van der Waals surface area contributed by atoms with Crippen molar-refractivity contribution in [2.24, 2.45) is 5.73 Å². The predicted molar refractivity (Wildman–Crippen MR) is 63.0 cm³/mol. The average molecular weight is 218 g/mol. The zero-order valence-corrected chi connectivity index (χ0v) is 9.27. The minimum Gasteiger partial charge on any atom is -0.382 e. The lowest BCUT2D eigenvalue weighted by atomic mass is 10.1. The molecule has 0 saturated heterocycles. The number of benzene rings is 1. The van der Waals surface area contributed by atoms with E-state index in [2.05, 4.69) is 5.10 Å². The second-order valence-electron chi connectivity index (χ2n) is 3.99. The van der Waals surface area contributed by atoms with Crippen LogP contribution in [0.4, 0.5) is 5.82 Å². The highest BCUT2D eigenvalue weighted by atomic mass is 16.1. The number of nitrogen functional groups attached to an aromatic ring is 1. The zero-order chi connectivity index (χ0) is 11.9. The molecule has 0 atom stereocenters. The molecule has 1 heterocycles. The molecule has 4 N–H and O–H groups in total. The summed E-state index contributed by atoms with van der Waals surface area (Å²) >= 11 is 0. The van der Waals surface area contributed by atoms with Crippen molar-refractivity contribution in [2.45, 2.75) is 19.9 Å². The Labute approximate surface area is 93.0 Å². The minimum atomic E-state index is -0.486. The van der Waals surface area contributed by atoms with Crippen molar-refractivity contribution in [2.75, 3.05) is 5.73 Å². The van der Waals surface area contributed by atoms with E-state index in [1.807, 2.05) is 19.9 Å². The van der Waals surface area contributed by atoms with Crippen LogP contribution < -0.4 is 11.5 Å². The van der Waals surface area contributed by atoms with E-state index in [9.17, 15) is 4.79 Å². The quantitative estimate of drug-likeness (QED) is 0.796. The zero-order valence-electron chi connectivity index (χ0n) is 9.27. The molecule has 1 amide bonds. The summed E-state index contributed by atoms with van der Waals surface area (Å²) in [5.41, 5.74) is 12.4. The van der Waals surface area contributed by atoms with Crippen molar-refractivity contribution in [3.63, 3.8) is 0 Å². The first-order chi connectivity index (χ1) is 7.52. The number of nitrogens with two attached hydrogens (primary N) is 2. The Kier molecular flexibility index (Phi) is 2.30. The van der Waals surface area contributed by atoms with Crippen molar-refractivity contribution < 1.29 is 4.79 Å². The summed E-state index contributed by atoms with van der Waals surface area (Å²) in [4.78, 5) is 11.3. The third kappa shape index (κ3) is 1.41. The summed E-state index contributed by atoms with van der Waals surface area (Å²) < 4.78 is 1.79. The lowest BCUT2D eigenvalue weighted by molar-refractivity contribution is 0.100. The van der Waals surface area contributed by atoms with Gasteiger partial charge >= 0.3 is 0 Å². The Morgan fingerprint density at radius 3 is 2.69 bits per heavy atom. The number of amides is 1. The highest BCUT2D eigenvalue weighted by Crippen LogP contribution is 2.26. The van der Waals surface area contributed by atoms with Crippen molar-refractivity contribution >= 4 is 22.6 Å². The molecule has 0 saturated carbocycles. The van der Waals surface area contributed by atoms with Gasteiger partial charge in [-0.1, -0.05) is 6.07 Å². The molecule has 0 aliphatic heterocycles. The van der Waals surface area contributed by atoms with Crippen molar-refractivity contribution in [3.8, 4) is 0 Å². The molecule has 0 aliphatic rings. The molecule has 0 aliphatic carbocycles. The molecule has 0 unspecified atom stereocenters. The second-order valence-corrected chi connectivity index (χ2v) is 3.99. The summed E-state index contributed by atoms with van der Waals surface area (Å²) in [6.07, 6.45) is 0. The molecule has 84 valence electrons. The number of hydrogen-bond acceptors (Lipinski definition) is 3. The number of anilines is 1. The van der Waals surface area contributed by atoms with Gasteiger partial charge in [-0.2, -0.15) is 5.10 Å². The lowest BCUT2D eigenvalue weighted by Gasteiger charge is -2.06. The van der Waals surface area contributed by atoms with Crippen LogP contribution in [0.25, 0.3) is 10.9 Å². The van der Waals surface area contributed by atoms with E-state index in [-0.39, 0.29) is 6.04 Å². The Balaban J connectivity index is 2.84. The van der Waals surface area contributed by atoms with E-state index in [0.29, 0.717) is 16.8 Å². The van der Waals surface area contributed by atoms with Gasteiger partial charge in [-0.15, -0.1) is 0 Å². The molecule has 5 nitrogen and oxygen atoms in total. The molecule has 1 aromatic carbocycles. The van der Waals surface area contributed by atoms with Gasteiger partial charge in [0, 0.05) is 6.04 Å². The van der Waals surface area contributed by atoms with Gasteiger partial charge in [-0.05, 0) is 26.0 Å². The molecule has 16 heavy (non-hydrogen) atoms. The van der Waals surface area contributed by atoms with E-state index in [0.717, 1.165) is 5.52 Å². The first kappa shape index (κ1) is 10.5. The summed E-state index contributed by atoms with van der Waals surface area (Å²) in [5.74, 6) is -0.140. The lowest BCUT2D eigenvalue weighted by Crippen LogP contribution is -2.11. The predicted octanol–water partition coefficient (Wildman–Crippen LogP) is 1.30. The maximum Gasteiger partial charge on any atom is 0.249 e. The van der Waals surface area contributed by atoms with Gasteiger partial charge in [0.15, 0.2) is 5.82 Å². The van der Waals surface area contributed by atoms with Gasteiger partial charge < -0.3 is 11.5 Å². The van der Waals surface area contributed by atoms with Crippen LogP contribution in [0, 0.1) is 0 Å². The van der Waals surface area contributed by atoms with E-state index in [1.165, 1.54) is 0 Å². The van der Waals surface area contributed by atoms with Crippen LogP contribution in [0.3, 0.4) is 0 Å². The Morgan fingerprint density at radius 1 is 1.44 bits per heavy atom. The largest absolute Gasteiger partial charge is 0.382 e. The van der Waals surface area contributed by atoms with Crippen LogP contribution >= 0.6 is 0 Å². The topological polar surface area (TPSA) is 86.9 Å². The first-order valence-corrected chi connectivity index (χ1v) is 5.09. The number of aromatic nitrogens is 2. The van der Waals surface area contributed by atoms with Crippen LogP contribution in [0.1, 0.15) is 30.2 Å². The van der Waals surface area contributed by atoms with Crippen LogP contribution in [0.15, 0.2) is 18.2 Å². The highest BCUT2D eigenvalue weighted by molar-refractivity contribution is 6.09. The number of carbonyl (C=O) groups excluding carboxylic acids is 1. The van der Waals surface area contributed by atoms with Crippen molar-refractivity contribution in [3.05, 3.63) is 23.8 Å². The van der Waals surface area contributed by atoms with Gasteiger partial charge in [-0.25, -0.2) is 0 Å². The van der Waals surface area contributed by atoms with Gasteiger partial charge in [0.2, 0.25) is 5.91 Å². The smallest absolute Gasteiger partial charge is 0.249 e. The minimum absolute atomic E-state index is 0.183. The van der Waals surface area contributed by atoms with Gasteiger partial charge in [0.1, 0.15) is 0 Å². The highest BCUT2D eigenvalue weighted by Gasteiger charge is 2.15. The van der Waals surface area contributed by atoms with Crippen molar-refractivity contribution in [1.82, 2.24) is 9.78 Å². The van der Waals surface area contributed by atoms with E-state index in [4.69, 9.17) is 11.5 Å². The first-order valence-electron chi connectivity index (χ1n) is 5.09. The molecular weight excluding hydrogens is 204 g/mol. The van der Waals surface area contributed by atoms with Gasteiger partial charge in [0.05, 0.1) is 16.5 Å². The molecule has 0 radical (unpaired) electrons. The van der Waals surface area contributed by atoms with Crippen LogP contribution in [0.5, 0.6) is 0 Å². The fourth-order valence-corrected chi connectivity index (χ4v) is 1.82. The molecule has 0 bridgehead atoms. The van der Waals surface area contributed by atoms with Gasteiger partial charge in [-0.3, -0.25) is 9.48 Å². The monoisotopic (exact) mass is 218 g/mol. The SMILES string of the molecule is CC(C)n1nc(N)c2c(C(N)=O)cccc21. The van der Waals surface area contributed by atoms with E-state index < -0.39 is 5.91 Å². The van der Waals surface area contributed by atoms with Gasteiger partial charge in [0.25, 0.3) is 0 Å². The molecule has 1 aromatic heterocycles. The maximum absolute atomic E-state index is 11.3. The molecule has 2 rings (SSSR count). The van der Waals surface area contributed by atoms with Crippen molar-refractivity contribution in [1.29, 1.82) is 0 Å². The maximum atomic E-state index is 11.3. The molecular formula is C11H14N4O. The fraction of sp³-hybridized carbons (Fsp3) is 0.273. The molecule has 0 fully saturated rings. The number of hydrogen-bond donors (Lipinski definition) is 2. The number of carbonyl (C=O) groups is 1. The van der Waals surface area contributed by atoms with Crippen LogP contribution in [-0.4, -0.2) is 15.7 Å². The summed E-state index contributed by atoms with van der Waals surface area (Å²) in [7, 11) is 0. The number of nitrogens with zero attached hydrogens (tertiary/aromatic N) is 2. The number of rotatable bonds is 2. The summed E-state index contributed by atoms with van der Waals surface area (Å²) in [6, 6.07) is 5.50. The van der Waals surface area contributed by atoms with Crippen LogP contribution in [0.2, 0.25) is 0 Å².